The second-order valence-electron chi connectivity index (χ2n) is 3.98. The molecule has 0 saturated carbocycles. The molecule has 0 radical (unpaired) electrons. The molecule has 19 heavy (non-hydrogen) atoms. The van der Waals surface area contributed by atoms with E-state index in [1.54, 1.807) is 24.3 Å². The topological polar surface area (TPSA) is 83.2 Å². The first-order valence-corrected chi connectivity index (χ1v) is 6.02. The van der Waals surface area contributed by atoms with Crippen molar-refractivity contribution in [2.75, 3.05) is 5.73 Å². The molecule has 0 aliphatic carbocycles. The first-order valence-electron chi connectivity index (χ1n) is 5.64. The standard InChI is InChI=1S/C12H13ClN4O2/c1-7(2)18-11-15-10(14)16-12(17-11)19-9-5-3-4-8(13)6-9/h3-7H,1-2H3,(H2,14,15,16,17). The third kappa shape index (κ3) is 3.96. The van der Waals surface area contributed by atoms with Gasteiger partial charge in [0.15, 0.2) is 0 Å². The number of rotatable bonds is 4. The summed E-state index contributed by atoms with van der Waals surface area (Å²) in [6.45, 7) is 3.72. The number of halogens is 1. The van der Waals surface area contributed by atoms with Crippen molar-refractivity contribution >= 4 is 17.5 Å². The van der Waals surface area contributed by atoms with Gasteiger partial charge in [-0.15, -0.1) is 4.98 Å². The van der Waals surface area contributed by atoms with Crippen LogP contribution in [0.5, 0.6) is 17.8 Å². The van der Waals surface area contributed by atoms with E-state index in [1.807, 2.05) is 13.8 Å². The normalized spacial score (nSPS) is 10.5. The van der Waals surface area contributed by atoms with Crippen LogP contribution in [0.15, 0.2) is 24.3 Å². The van der Waals surface area contributed by atoms with Crippen molar-refractivity contribution in [3.8, 4) is 17.8 Å². The molecule has 0 aliphatic heterocycles. The minimum atomic E-state index is -0.0687. The number of aromatic nitrogens is 3. The lowest BCUT2D eigenvalue weighted by Crippen LogP contribution is -2.10. The van der Waals surface area contributed by atoms with Crippen LogP contribution in [0.4, 0.5) is 5.95 Å². The molecule has 6 nitrogen and oxygen atoms in total. The molecule has 0 amide bonds. The lowest BCUT2D eigenvalue weighted by Gasteiger charge is -2.09. The smallest absolute Gasteiger partial charge is 0.330 e. The highest BCUT2D eigenvalue weighted by Crippen LogP contribution is 2.23. The predicted molar refractivity (Wildman–Crippen MR) is 71.5 cm³/mol. The van der Waals surface area contributed by atoms with Crippen LogP contribution in [0.25, 0.3) is 0 Å². The molecule has 7 heteroatoms. The fourth-order valence-electron chi connectivity index (χ4n) is 1.30. The summed E-state index contributed by atoms with van der Waals surface area (Å²) in [4.78, 5) is 11.7. The van der Waals surface area contributed by atoms with E-state index in [4.69, 9.17) is 26.8 Å². The average molecular weight is 281 g/mol. The molecule has 0 fully saturated rings. The molecule has 1 aromatic carbocycles. The molecular formula is C12H13ClN4O2. The highest BCUT2D eigenvalue weighted by atomic mass is 35.5. The predicted octanol–water partition coefficient (Wildman–Crippen LogP) is 2.69. The number of ether oxygens (including phenoxy) is 2. The minimum absolute atomic E-state index is 0.0303. The van der Waals surface area contributed by atoms with Crippen molar-refractivity contribution in [1.29, 1.82) is 0 Å². The van der Waals surface area contributed by atoms with Crippen LogP contribution in [0, 0.1) is 0 Å². The van der Waals surface area contributed by atoms with E-state index in [0.717, 1.165) is 0 Å². The van der Waals surface area contributed by atoms with Gasteiger partial charge in [0.05, 0.1) is 6.10 Å². The van der Waals surface area contributed by atoms with E-state index >= 15 is 0 Å². The van der Waals surface area contributed by atoms with Gasteiger partial charge in [0.1, 0.15) is 5.75 Å². The Bertz CT molecular complexity index is 577. The van der Waals surface area contributed by atoms with Gasteiger partial charge in [0.25, 0.3) is 0 Å². The van der Waals surface area contributed by atoms with E-state index in [1.165, 1.54) is 0 Å². The Kier molecular flexibility index (Phi) is 4.01. The molecule has 2 N–H and O–H groups in total. The molecule has 1 aromatic heterocycles. The molecule has 0 bridgehead atoms. The summed E-state index contributed by atoms with van der Waals surface area (Å²) in [6.07, 6.45) is -0.0687. The first-order chi connectivity index (χ1) is 9.02. The Hall–Kier alpha value is -2.08. The van der Waals surface area contributed by atoms with Gasteiger partial charge in [-0.25, -0.2) is 0 Å². The SMILES string of the molecule is CC(C)Oc1nc(N)nc(Oc2cccc(Cl)c2)n1. The van der Waals surface area contributed by atoms with Gasteiger partial charge in [0, 0.05) is 5.02 Å². The Balaban J connectivity index is 2.22. The molecule has 0 spiro atoms. The summed E-state index contributed by atoms with van der Waals surface area (Å²) in [5, 5.41) is 0.554. The summed E-state index contributed by atoms with van der Waals surface area (Å²) in [5.41, 5.74) is 5.57. The molecule has 1 heterocycles. The number of hydrogen-bond acceptors (Lipinski definition) is 6. The van der Waals surface area contributed by atoms with Crippen molar-refractivity contribution in [2.24, 2.45) is 0 Å². The zero-order valence-corrected chi connectivity index (χ0v) is 11.3. The molecule has 0 unspecified atom stereocenters. The van der Waals surface area contributed by atoms with Crippen molar-refractivity contribution in [1.82, 2.24) is 15.0 Å². The van der Waals surface area contributed by atoms with E-state index < -0.39 is 0 Å². The highest BCUT2D eigenvalue weighted by Gasteiger charge is 2.09. The van der Waals surface area contributed by atoms with Crippen LogP contribution in [0.3, 0.4) is 0 Å². The fourth-order valence-corrected chi connectivity index (χ4v) is 1.48. The molecule has 2 aromatic rings. The fraction of sp³-hybridized carbons (Fsp3) is 0.250. The molecule has 0 saturated heterocycles. The Morgan fingerprint density at radius 3 is 2.58 bits per heavy atom. The van der Waals surface area contributed by atoms with E-state index in [2.05, 4.69) is 15.0 Å². The largest absolute Gasteiger partial charge is 0.461 e. The number of hydrogen-bond donors (Lipinski definition) is 1. The Morgan fingerprint density at radius 2 is 1.89 bits per heavy atom. The lowest BCUT2D eigenvalue weighted by molar-refractivity contribution is 0.219. The number of benzene rings is 1. The van der Waals surface area contributed by atoms with Crippen LogP contribution >= 0.6 is 11.6 Å². The molecule has 0 atom stereocenters. The number of nitrogens with two attached hydrogens (primary N) is 1. The van der Waals surface area contributed by atoms with Crippen LogP contribution in [-0.4, -0.2) is 21.1 Å². The van der Waals surface area contributed by atoms with Crippen LogP contribution in [0.2, 0.25) is 5.02 Å². The van der Waals surface area contributed by atoms with Gasteiger partial charge in [0.2, 0.25) is 5.95 Å². The van der Waals surface area contributed by atoms with Gasteiger partial charge in [-0.3, -0.25) is 0 Å². The minimum Gasteiger partial charge on any atom is -0.461 e. The molecule has 2 rings (SSSR count). The number of nitrogens with zero attached hydrogens (tertiary/aromatic N) is 3. The first kappa shape index (κ1) is 13.4. The zero-order chi connectivity index (χ0) is 13.8. The molecular weight excluding hydrogens is 268 g/mol. The molecule has 0 aliphatic rings. The average Bonchev–Trinajstić information content (AvgIpc) is 2.26. The number of anilines is 1. The lowest BCUT2D eigenvalue weighted by atomic mass is 10.3. The van der Waals surface area contributed by atoms with Gasteiger partial charge in [-0.2, -0.15) is 9.97 Å². The van der Waals surface area contributed by atoms with Crippen molar-refractivity contribution in [2.45, 2.75) is 20.0 Å². The van der Waals surface area contributed by atoms with Crippen molar-refractivity contribution < 1.29 is 9.47 Å². The van der Waals surface area contributed by atoms with E-state index in [9.17, 15) is 0 Å². The maximum absolute atomic E-state index is 5.86. The van der Waals surface area contributed by atoms with Gasteiger partial charge in [-0.05, 0) is 32.0 Å². The summed E-state index contributed by atoms with van der Waals surface area (Å²) in [6, 6.07) is 7.06. The van der Waals surface area contributed by atoms with Crippen molar-refractivity contribution in [3.05, 3.63) is 29.3 Å². The maximum atomic E-state index is 5.86. The van der Waals surface area contributed by atoms with Gasteiger partial charge in [-0.1, -0.05) is 17.7 Å². The van der Waals surface area contributed by atoms with Gasteiger partial charge >= 0.3 is 12.0 Å². The van der Waals surface area contributed by atoms with Crippen LogP contribution in [-0.2, 0) is 0 Å². The Labute approximate surface area is 115 Å². The summed E-state index contributed by atoms with van der Waals surface area (Å²) < 4.78 is 10.8. The third-order valence-electron chi connectivity index (χ3n) is 1.96. The quantitative estimate of drug-likeness (QED) is 0.927. The van der Waals surface area contributed by atoms with E-state index in [-0.39, 0.29) is 24.1 Å². The highest BCUT2D eigenvalue weighted by molar-refractivity contribution is 6.30. The second kappa shape index (κ2) is 5.71. The number of nitrogen functional groups attached to an aromatic ring is 1. The molecule has 100 valence electrons. The summed E-state index contributed by atoms with van der Waals surface area (Å²) in [5.74, 6) is 0.538. The third-order valence-corrected chi connectivity index (χ3v) is 2.19. The zero-order valence-electron chi connectivity index (χ0n) is 10.5. The maximum Gasteiger partial charge on any atom is 0.330 e. The van der Waals surface area contributed by atoms with Gasteiger partial charge < -0.3 is 15.2 Å². The van der Waals surface area contributed by atoms with Crippen LogP contribution < -0.4 is 15.2 Å². The second-order valence-corrected chi connectivity index (χ2v) is 4.42. The van der Waals surface area contributed by atoms with Crippen LogP contribution in [0.1, 0.15) is 13.8 Å². The summed E-state index contributed by atoms with van der Waals surface area (Å²) >= 11 is 5.86. The Morgan fingerprint density at radius 1 is 1.16 bits per heavy atom. The van der Waals surface area contributed by atoms with E-state index in [0.29, 0.717) is 10.8 Å². The van der Waals surface area contributed by atoms with Crippen molar-refractivity contribution in [3.63, 3.8) is 0 Å². The summed E-state index contributed by atoms with van der Waals surface area (Å²) in [7, 11) is 0. The monoisotopic (exact) mass is 280 g/mol.